The lowest BCUT2D eigenvalue weighted by molar-refractivity contribution is -0.121. The van der Waals surface area contributed by atoms with Crippen molar-refractivity contribution >= 4 is 17.3 Å². The lowest BCUT2D eigenvalue weighted by Gasteiger charge is -2.51. The molecule has 0 radical (unpaired) electrons. The molecule has 2 fully saturated rings. The van der Waals surface area contributed by atoms with E-state index in [2.05, 4.69) is 15.3 Å². The number of hydrogen-bond acceptors (Lipinski definition) is 5. The Balaban J connectivity index is 1.42. The number of piperidine rings is 2. The van der Waals surface area contributed by atoms with E-state index in [0.29, 0.717) is 49.5 Å². The molecule has 4 heterocycles. The zero-order chi connectivity index (χ0) is 23.2. The van der Waals surface area contributed by atoms with Gasteiger partial charge in [-0.2, -0.15) is 10.2 Å². The molecular formula is C23H24F2N6O2. The summed E-state index contributed by atoms with van der Waals surface area (Å²) in [7, 11) is 0. The van der Waals surface area contributed by atoms with Crippen LogP contribution in [0.1, 0.15) is 37.7 Å². The molecule has 33 heavy (non-hydrogen) atoms. The molecule has 172 valence electrons. The molecule has 5 rings (SSSR count). The molecule has 1 spiro atoms. The number of carbonyl (C=O) groups excluding carboxylic acids is 1. The highest BCUT2D eigenvalue weighted by Crippen LogP contribution is 2.41. The van der Waals surface area contributed by atoms with E-state index in [-0.39, 0.29) is 11.5 Å². The summed E-state index contributed by atoms with van der Waals surface area (Å²) >= 11 is 0. The van der Waals surface area contributed by atoms with Crippen molar-refractivity contribution in [3.63, 3.8) is 0 Å². The van der Waals surface area contributed by atoms with E-state index < -0.39 is 17.2 Å². The maximum absolute atomic E-state index is 14.0. The van der Waals surface area contributed by atoms with Gasteiger partial charge in [0.2, 0.25) is 5.91 Å². The topological polar surface area (TPSA) is 87.1 Å². The molecule has 10 heteroatoms. The third-order valence-corrected chi connectivity index (χ3v) is 6.67. The molecule has 1 amide bonds. The molecule has 8 nitrogen and oxygen atoms in total. The quantitative estimate of drug-likeness (QED) is 0.657. The Morgan fingerprint density at radius 3 is 2.55 bits per heavy atom. The SMILES string of the molecule is Cc1cnn(-c2cc(N3CCC4(CCCC(=O)N4c4ccc(F)c(F)c4)CC3)c(=O)[nH]n2)c1. The van der Waals surface area contributed by atoms with Gasteiger partial charge in [0.05, 0.1) is 11.7 Å². The second-order valence-corrected chi connectivity index (χ2v) is 8.80. The van der Waals surface area contributed by atoms with Crippen LogP contribution in [0.5, 0.6) is 0 Å². The molecule has 2 aliphatic rings. The van der Waals surface area contributed by atoms with Crippen molar-refractivity contribution in [1.29, 1.82) is 0 Å². The number of carbonyl (C=O) groups is 1. The number of H-pyrrole nitrogens is 1. The number of hydrogen-bond donors (Lipinski definition) is 1. The molecular weight excluding hydrogens is 430 g/mol. The Hall–Kier alpha value is -3.56. The lowest BCUT2D eigenvalue weighted by Crippen LogP contribution is -2.60. The average molecular weight is 454 g/mol. The standard InChI is InChI=1S/C23H24F2N6O2/c1-15-13-26-30(14-15)20-12-19(22(33)28-27-20)29-9-7-23(8-10-29)6-2-3-21(32)31(23)16-4-5-17(24)18(25)11-16/h4-5,11-14H,2-3,6-10H2,1H3,(H,28,33). The molecule has 1 aromatic carbocycles. The summed E-state index contributed by atoms with van der Waals surface area (Å²) in [4.78, 5) is 29.1. The molecule has 1 N–H and O–H groups in total. The Morgan fingerprint density at radius 1 is 1.06 bits per heavy atom. The second-order valence-electron chi connectivity index (χ2n) is 8.80. The van der Waals surface area contributed by atoms with Crippen LogP contribution in [0.15, 0.2) is 41.5 Å². The smallest absolute Gasteiger partial charge is 0.287 e. The van der Waals surface area contributed by atoms with Crippen molar-refractivity contribution in [2.24, 2.45) is 0 Å². The van der Waals surface area contributed by atoms with Crippen LogP contribution in [0.2, 0.25) is 0 Å². The number of halogens is 2. The number of aryl methyl sites for hydroxylation is 1. The summed E-state index contributed by atoms with van der Waals surface area (Å²) in [6, 6.07) is 5.33. The van der Waals surface area contributed by atoms with Gasteiger partial charge < -0.3 is 9.80 Å². The minimum Gasteiger partial charge on any atom is -0.367 e. The first-order valence-electron chi connectivity index (χ1n) is 11.0. The predicted molar refractivity (Wildman–Crippen MR) is 119 cm³/mol. The fraction of sp³-hybridized carbons (Fsp3) is 0.391. The maximum Gasteiger partial charge on any atom is 0.287 e. The van der Waals surface area contributed by atoms with Gasteiger partial charge in [-0.1, -0.05) is 0 Å². The highest BCUT2D eigenvalue weighted by molar-refractivity contribution is 5.95. The number of nitrogens with zero attached hydrogens (tertiary/aromatic N) is 5. The molecule has 2 aromatic heterocycles. The summed E-state index contributed by atoms with van der Waals surface area (Å²) in [5.41, 5.74) is 1.06. The summed E-state index contributed by atoms with van der Waals surface area (Å²) in [6.07, 6.45) is 6.65. The van der Waals surface area contributed by atoms with Gasteiger partial charge in [-0.15, -0.1) is 0 Å². The Bertz CT molecular complexity index is 1260. The Labute approximate surface area is 188 Å². The van der Waals surface area contributed by atoms with Crippen molar-refractivity contribution < 1.29 is 13.6 Å². The largest absolute Gasteiger partial charge is 0.367 e. The van der Waals surface area contributed by atoms with Gasteiger partial charge >= 0.3 is 0 Å². The first-order valence-corrected chi connectivity index (χ1v) is 11.0. The number of aromatic amines is 1. The fourth-order valence-electron chi connectivity index (χ4n) is 5.01. The zero-order valence-electron chi connectivity index (χ0n) is 18.2. The van der Waals surface area contributed by atoms with Gasteiger partial charge in [-0.3, -0.25) is 9.59 Å². The van der Waals surface area contributed by atoms with Crippen LogP contribution >= 0.6 is 0 Å². The van der Waals surface area contributed by atoms with E-state index >= 15 is 0 Å². The molecule has 2 aliphatic heterocycles. The monoisotopic (exact) mass is 454 g/mol. The highest BCUT2D eigenvalue weighted by atomic mass is 19.2. The summed E-state index contributed by atoms with van der Waals surface area (Å²) in [5.74, 6) is -1.48. The van der Waals surface area contributed by atoms with E-state index in [0.717, 1.165) is 30.5 Å². The predicted octanol–water partition coefficient (Wildman–Crippen LogP) is 3.10. The van der Waals surface area contributed by atoms with Crippen molar-refractivity contribution in [3.8, 4) is 5.82 Å². The van der Waals surface area contributed by atoms with E-state index in [4.69, 9.17) is 0 Å². The molecule has 2 saturated heterocycles. The Morgan fingerprint density at radius 2 is 1.85 bits per heavy atom. The average Bonchev–Trinajstić information content (AvgIpc) is 3.23. The molecule has 0 saturated carbocycles. The molecule has 0 bridgehead atoms. The van der Waals surface area contributed by atoms with Gasteiger partial charge in [-0.25, -0.2) is 18.6 Å². The maximum atomic E-state index is 14.0. The van der Waals surface area contributed by atoms with E-state index in [9.17, 15) is 18.4 Å². The van der Waals surface area contributed by atoms with Crippen molar-refractivity contribution in [1.82, 2.24) is 20.0 Å². The first kappa shape index (κ1) is 21.3. The van der Waals surface area contributed by atoms with Crippen LogP contribution in [-0.4, -0.2) is 44.5 Å². The van der Waals surface area contributed by atoms with Crippen LogP contribution in [-0.2, 0) is 4.79 Å². The van der Waals surface area contributed by atoms with E-state index in [1.165, 1.54) is 6.07 Å². The van der Waals surface area contributed by atoms with Gasteiger partial charge in [0.1, 0.15) is 5.69 Å². The molecule has 0 unspecified atom stereocenters. The van der Waals surface area contributed by atoms with Crippen molar-refractivity contribution in [2.75, 3.05) is 22.9 Å². The lowest BCUT2D eigenvalue weighted by atomic mass is 9.77. The van der Waals surface area contributed by atoms with Crippen LogP contribution < -0.4 is 15.4 Å². The summed E-state index contributed by atoms with van der Waals surface area (Å²) < 4.78 is 29.1. The third-order valence-electron chi connectivity index (χ3n) is 6.67. The number of nitrogens with one attached hydrogen (secondary N) is 1. The minimum absolute atomic E-state index is 0.0844. The second kappa shape index (κ2) is 8.09. The van der Waals surface area contributed by atoms with Crippen LogP contribution in [0.4, 0.5) is 20.2 Å². The minimum atomic E-state index is -0.969. The first-order chi connectivity index (χ1) is 15.9. The van der Waals surface area contributed by atoms with E-state index in [1.807, 2.05) is 18.0 Å². The number of amides is 1. The molecule has 0 aliphatic carbocycles. The van der Waals surface area contributed by atoms with Gasteiger partial charge in [0.15, 0.2) is 17.5 Å². The van der Waals surface area contributed by atoms with Crippen molar-refractivity contribution in [2.45, 2.75) is 44.6 Å². The van der Waals surface area contributed by atoms with Crippen LogP contribution in [0.3, 0.4) is 0 Å². The van der Waals surface area contributed by atoms with Crippen LogP contribution in [0, 0.1) is 18.6 Å². The highest BCUT2D eigenvalue weighted by Gasteiger charge is 2.45. The fourth-order valence-corrected chi connectivity index (χ4v) is 5.01. The van der Waals surface area contributed by atoms with Crippen molar-refractivity contribution in [3.05, 3.63) is 64.2 Å². The van der Waals surface area contributed by atoms with Gasteiger partial charge in [-0.05, 0) is 50.3 Å². The third kappa shape index (κ3) is 3.79. The van der Waals surface area contributed by atoms with Gasteiger partial charge in [0.25, 0.3) is 5.56 Å². The summed E-state index contributed by atoms with van der Waals surface area (Å²) in [6.45, 7) is 3.00. The van der Waals surface area contributed by atoms with E-state index in [1.54, 1.807) is 21.8 Å². The number of aromatic nitrogens is 4. The summed E-state index contributed by atoms with van der Waals surface area (Å²) in [5, 5.41) is 10.9. The molecule has 0 atom stereocenters. The zero-order valence-corrected chi connectivity index (χ0v) is 18.2. The van der Waals surface area contributed by atoms with Crippen LogP contribution in [0.25, 0.3) is 5.82 Å². The Kier molecular flexibility index (Phi) is 5.22. The normalized spacial score (nSPS) is 18.2. The number of anilines is 2. The molecule has 3 aromatic rings. The van der Waals surface area contributed by atoms with Gasteiger partial charge in [0, 0.05) is 43.5 Å². The number of rotatable bonds is 3. The number of benzene rings is 1.